The van der Waals surface area contributed by atoms with Crippen LogP contribution in [0.5, 0.6) is 0 Å². The molecular weight excluding hydrogens is 366 g/mol. The SMILES string of the molecule is C=C/C=C(OCCCc1sc(C)nc1C)\C(=C/C)OC1CC2CC1(C)C2(C)C. The van der Waals surface area contributed by atoms with E-state index in [1.807, 2.05) is 19.1 Å². The van der Waals surface area contributed by atoms with Crippen molar-refractivity contribution in [1.29, 1.82) is 0 Å². The first-order chi connectivity index (χ1) is 13.2. The van der Waals surface area contributed by atoms with E-state index >= 15 is 0 Å². The van der Waals surface area contributed by atoms with Crippen LogP contribution < -0.4 is 0 Å². The molecule has 3 nitrogen and oxygen atoms in total. The van der Waals surface area contributed by atoms with Crippen LogP contribution in [0.4, 0.5) is 0 Å². The maximum atomic E-state index is 6.52. The summed E-state index contributed by atoms with van der Waals surface area (Å²) in [7, 11) is 0. The summed E-state index contributed by atoms with van der Waals surface area (Å²) in [6, 6.07) is 0. The van der Waals surface area contributed by atoms with Gasteiger partial charge in [0.2, 0.25) is 0 Å². The Morgan fingerprint density at radius 2 is 2.04 bits per heavy atom. The third-order valence-corrected chi connectivity index (χ3v) is 8.35. The Bertz CT molecular complexity index is 789. The first kappa shape index (κ1) is 21.2. The van der Waals surface area contributed by atoms with Crippen molar-refractivity contribution in [2.75, 3.05) is 6.61 Å². The van der Waals surface area contributed by atoms with Crippen LogP contribution in [-0.4, -0.2) is 17.7 Å². The van der Waals surface area contributed by atoms with E-state index in [0.29, 0.717) is 12.0 Å². The summed E-state index contributed by atoms with van der Waals surface area (Å²) in [5, 5.41) is 1.14. The maximum Gasteiger partial charge on any atom is 0.160 e. The molecule has 1 aromatic rings. The average Bonchev–Trinajstić information content (AvgIpc) is 3.22. The van der Waals surface area contributed by atoms with Crippen LogP contribution in [0.3, 0.4) is 0 Å². The molecule has 0 N–H and O–H groups in total. The molecule has 4 heteroatoms. The third kappa shape index (κ3) is 3.68. The van der Waals surface area contributed by atoms with E-state index < -0.39 is 0 Å². The van der Waals surface area contributed by atoms with E-state index in [-0.39, 0.29) is 11.5 Å². The fourth-order valence-corrected chi connectivity index (χ4v) is 5.92. The van der Waals surface area contributed by atoms with Gasteiger partial charge in [0.05, 0.1) is 17.3 Å². The molecule has 0 amide bonds. The van der Waals surface area contributed by atoms with Crippen LogP contribution in [0, 0.1) is 30.6 Å². The number of thiazole rings is 1. The van der Waals surface area contributed by atoms with Gasteiger partial charge in [-0.1, -0.05) is 33.4 Å². The number of allylic oxidation sites excluding steroid dienone is 3. The lowest BCUT2D eigenvalue weighted by atomic mass is 9.51. The molecule has 1 heterocycles. The molecule has 3 atom stereocenters. The number of ether oxygens (including phenoxy) is 2. The van der Waals surface area contributed by atoms with Crippen molar-refractivity contribution in [2.24, 2.45) is 16.7 Å². The van der Waals surface area contributed by atoms with Gasteiger partial charge in [0.15, 0.2) is 11.5 Å². The van der Waals surface area contributed by atoms with Gasteiger partial charge in [-0.05, 0) is 69.9 Å². The summed E-state index contributed by atoms with van der Waals surface area (Å²) in [6.45, 7) is 17.8. The van der Waals surface area contributed by atoms with Gasteiger partial charge in [0.1, 0.15) is 6.10 Å². The highest BCUT2D eigenvalue weighted by molar-refractivity contribution is 7.11. The minimum atomic E-state index is 0.257. The van der Waals surface area contributed by atoms with Crippen LogP contribution in [0.1, 0.15) is 62.5 Å². The Balaban J connectivity index is 1.57. The number of aromatic nitrogens is 1. The maximum absolute atomic E-state index is 6.52. The van der Waals surface area contributed by atoms with Gasteiger partial charge < -0.3 is 9.47 Å². The van der Waals surface area contributed by atoms with Crippen molar-refractivity contribution < 1.29 is 9.47 Å². The third-order valence-electron chi connectivity index (χ3n) is 7.22. The molecule has 4 rings (SSSR count). The molecule has 154 valence electrons. The second-order valence-electron chi connectivity index (χ2n) is 9.00. The quantitative estimate of drug-likeness (QED) is 0.268. The van der Waals surface area contributed by atoms with Gasteiger partial charge >= 0.3 is 0 Å². The van der Waals surface area contributed by atoms with E-state index in [9.17, 15) is 0 Å². The van der Waals surface area contributed by atoms with E-state index in [1.165, 1.54) is 11.3 Å². The molecule has 3 saturated carbocycles. The first-order valence-corrected chi connectivity index (χ1v) is 11.3. The molecule has 28 heavy (non-hydrogen) atoms. The van der Waals surface area contributed by atoms with E-state index in [0.717, 1.165) is 47.4 Å². The molecule has 3 aliphatic carbocycles. The monoisotopic (exact) mass is 401 g/mol. The number of hydrogen-bond acceptors (Lipinski definition) is 4. The largest absolute Gasteiger partial charge is 0.490 e. The minimum absolute atomic E-state index is 0.257. The lowest BCUT2D eigenvalue weighted by molar-refractivity contribution is -0.0928. The van der Waals surface area contributed by atoms with E-state index in [1.54, 1.807) is 17.4 Å². The van der Waals surface area contributed by atoms with Crippen molar-refractivity contribution in [2.45, 2.75) is 73.3 Å². The zero-order valence-corrected chi connectivity index (χ0v) is 19.1. The zero-order valence-electron chi connectivity index (χ0n) is 18.3. The molecule has 1 aromatic heterocycles. The molecule has 3 unspecified atom stereocenters. The van der Waals surface area contributed by atoms with Gasteiger partial charge in [0, 0.05) is 10.3 Å². The number of nitrogens with zero attached hydrogens (tertiary/aromatic N) is 1. The summed E-state index contributed by atoms with van der Waals surface area (Å²) in [5.74, 6) is 2.42. The van der Waals surface area contributed by atoms with Crippen molar-refractivity contribution in [3.63, 3.8) is 0 Å². The summed E-state index contributed by atoms with van der Waals surface area (Å²) in [5.41, 5.74) is 1.77. The molecule has 0 spiro atoms. The molecular formula is C24H35NO2S. The molecule has 0 saturated heterocycles. The highest BCUT2D eigenvalue weighted by Crippen LogP contribution is 2.71. The predicted molar refractivity (Wildman–Crippen MR) is 117 cm³/mol. The second kappa shape index (κ2) is 8.06. The summed E-state index contributed by atoms with van der Waals surface area (Å²) < 4.78 is 12.6. The van der Waals surface area contributed by atoms with Gasteiger partial charge in [-0.3, -0.25) is 0 Å². The molecule has 2 bridgehead atoms. The predicted octanol–water partition coefficient (Wildman–Crippen LogP) is 6.52. The van der Waals surface area contributed by atoms with Gasteiger partial charge in [0.25, 0.3) is 0 Å². The highest BCUT2D eigenvalue weighted by atomic mass is 32.1. The number of fused-ring (bicyclic) bond motifs is 1. The topological polar surface area (TPSA) is 31.4 Å². The Labute approximate surface area is 174 Å². The first-order valence-electron chi connectivity index (χ1n) is 10.4. The zero-order chi connectivity index (χ0) is 20.5. The lowest BCUT2D eigenvalue weighted by Crippen LogP contribution is -2.49. The lowest BCUT2D eigenvalue weighted by Gasteiger charge is -2.54. The standard InChI is InChI=1S/C24H35NO2S/c1-8-11-20(26-13-10-12-21-16(3)25-17(4)28-21)19(9-2)27-22-14-18-15-24(22,7)23(18,5)6/h8-9,11,18,22H,1,10,12-15H2,2-7H3/b19-9+,20-11+. The van der Waals surface area contributed by atoms with Crippen molar-refractivity contribution in [1.82, 2.24) is 4.98 Å². The van der Waals surface area contributed by atoms with Crippen LogP contribution in [-0.2, 0) is 15.9 Å². The Kier molecular flexibility index (Phi) is 6.09. The van der Waals surface area contributed by atoms with E-state index in [4.69, 9.17) is 9.47 Å². The Morgan fingerprint density at radius 1 is 1.29 bits per heavy atom. The number of aryl methyl sites for hydroxylation is 3. The smallest absolute Gasteiger partial charge is 0.160 e. The van der Waals surface area contributed by atoms with Crippen LogP contribution in [0.2, 0.25) is 0 Å². The minimum Gasteiger partial charge on any atom is -0.490 e. The molecule has 0 aromatic carbocycles. The fraction of sp³-hybridized carbons (Fsp3) is 0.625. The number of hydrogen-bond donors (Lipinski definition) is 0. The van der Waals surface area contributed by atoms with Crippen LogP contribution in [0.15, 0.2) is 36.3 Å². The fourth-order valence-electron chi connectivity index (χ4n) is 4.94. The molecule has 3 fully saturated rings. The van der Waals surface area contributed by atoms with E-state index in [2.05, 4.69) is 46.2 Å². The van der Waals surface area contributed by atoms with Crippen molar-refractivity contribution >= 4 is 11.3 Å². The Hall–Kier alpha value is -1.55. The summed E-state index contributed by atoms with van der Waals surface area (Å²) in [6.07, 6.45) is 10.4. The molecule has 0 radical (unpaired) electrons. The van der Waals surface area contributed by atoms with Crippen molar-refractivity contribution in [3.8, 4) is 0 Å². The second-order valence-corrected chi connectivity index (χ2v) is 10.3. The molecule has 0 aliphatic heterocycles. The summed E-state index contributed by atoms with van der Waals surface area (Å²) in [4.78, 5) is 5.87. The van der Waals surface area contributed by atoms with Gasteiger partial charge in [-0.15, -0.1) is 11.3 Å². The Morgan fingerprint density at radius 3 is 2.54 bits per heavy atom. The number of rotatable bonds is 9. The van der Waals surface area contributed by atoms with Gasteiger partial charge in [-0.2, -0.15) is 0 Å². The highest BCUT2D eigenvalue weighted by Gasteiger charge is 2.68. The van der Waals surface area contributed by atoms with Crippen molar-refractivity contribution in [3.05, 3.63) is 51.9 Å². The average molecular weight is 402 g/mol. The van der Waals surface area contributed by atoms with Gasteiger partial charge in [-0.25, -0.2) is 4.98 Å². The normalized spacial score (nSPS) is 28.8. The summed E-state index contributed by atoms with van der Waals surface area (Å²) >= 11 is 1.79. The van der Waals surface area contributed by atoms with Crippen LogP contribution >= 0.6 is 11.3 Å². The molecule has 3 aliphatic rings. The van der Waals surface area contributed by atoms with Crippen LogP contribution in [0.25, 0.3) is 0 Å².